The molecule has 13 heteroatoms. The highest BCUT2D eigenvalue weighted by atomic mass is 32.1. The molecule has 180 valence electrons. The summed E-state index contributed by atoms with van der Waals surface area (Å²) >= 11 is 1.24. The van der Waals surface area contributed by atoms with Crippen molar-refractivity contribution in [1.82, 2.24) is 25.4 Å². The van der Waals surface area contributed by atoms with E-state index in [-0.39, 0.29) is 17.6 Å². The number of carbonyl (C=O) groups is 3. The Balaban J connectivity index is 1.87. The third-order valence-electron chi connectivity index (χ3n) is 4.26. The number of halogens is 3. The maximum atomic E-state index is 13.2. The van der Waals surface area contributed by atoms with Crippen LogP contribution in [0, 0.1) is 0 Å². The Hall–Kier alpha value is -3.74. The minimum Gasteiger partial charge on any atom is -0.447 e. The quantitative estimate of drug-likeness (QED) is 0.503. The predicted molar refractivity (Wildman–Crippen MR) is 116 cm³/mol. The van der Waals surface area contributed by atoms with Gasteiger partial charge in [-0.05, 0) is 50.4 Å². The Bertz CT molecular complexity index is 1190. The number of hydrogen-bond donors (Lipinski definition) is 2. The lowest BCUT2D eigenvalue weighted by Crippen LogP contribution is -2.46. The van der Waals surface area contributed by atoms with Crippen LogP contribution in [0.3, 0.4) is 0 Å². The number of nitrogens with one attached hydrogen (secondary N) is 2. The Morgan fingerprint density at radius 2 is 1.85 bits per heavy atom. The zero-order valence-corrected chi connectivity index (χ0v) is 19.0. The summed E-state index contributed by atoms with van der Waals surface area (Å²) in [4.78, 5) is 41.1. The fourth-order valence-corrected chi connectivity index (χ4v) is 3.43. The van der Waals surface area contributed by atoms with Gasteiger partial charge in [-0.25, -0.2) is 14.3 Å². The van der Waals surface area contributed by atoms with Gasteiger partial charge in [0.2, 0.25) is 0 Å². The molecule has 0 aliphatic carbocycles. The van der Waals surface area contributed by atoms with E-state index in [1.807, 2.05) is 5.32 Å². The van der Waals surface area contributed by atoms with Crippen molar-refractivity contribution in [3.8, 4) is 16.4 Å². The van der Waals surface area contributed by atoms with Crippen LogP contribution in [0.4, 0.5) is 18.0 Å². The summed E-state index contributed by atoms with van der Waals surface area (Å²) in [6.45, 7) is 4.65. The van der Waals surface area contributed by atoms with Crippen LogP contribution in [0.15, 0.2) is 41.8 Å². The molecule has 0 aliphatic rings. The number of imide groups is 1. The molecule has 0 saturated heterocycles. The number of aromatic nitrogens is 3. The van der Waals surface area contributed by atoms with Gasteiger partial charge in [0.25, 0.3) is 11.7 Å². The zero-order valence-electron chi connectivity index (χ0n) is 18.2. The van der Waals surface area contributed by atoms with E-state index in [4.69, 9.17) is 4.74 Å². The Kier molecular flexibility index (Phi) is 7.35. The van der Waals surface area contributed by atoms with E-state index in [2.05, 4.69) is 15.4 Å². The van der Waals surface area contributed by atoms with Crippen molar-refractivity contribution in [3.63, 3.8) is 0 Å². The van der Waals surface area contributed by atoms with Crippen LogP contribution in [-0.4, -0.2) is 44.8 Å². The molecule has 0 saturated carbocycles. The van der Waals surface area contributed by atoms with E-state index < -0.39 is 41.6 Å². The highest BCUT2D eigenvalue weighted by Gasteiger charge is 2.31. The van der Waals surface area contributed by atoms with Gasteiger partial charge < -0.3 is 10.1 Å². The van der Waals surface area contributed by atoms with Gasteiger partial charge in [-0.2, -0.15) is 18.2 Å². The topological polar surface area (TPSA) is 115 Å². The highest BCUT2D eigenvalue weighted by molar-refractivity contribution is 7.13. The second-order valence-electron chi connectivity index (χ2n) is 7.36. The number of thiophene rings is 1. The number of carbonyl (C=O) groups excluding carboxylic acids is 3. The zero-order chi connectivity index (χ0) is 25.0. The van der Waals surface area contributed by atoms with Gasteiger partial charge in [0.15, 0.2) is 11.9 Å². The molecule has 0 bridgehead atoms. The molecule has 1 atom stereocenters. The monoisotopic (exact) mass is 495 g/mol. The van der Waals surface area contributed by atoms with E-state index in [0.29, 0.717) is 4.88 Å². The van der Waals surface area contributed by atoms with Crippen LogP contribution in [0.1, 0.15) is 37.0 Å². The highest BCUT2D eigenvalue weighted by Crippen LogP contribution is 2.32. The van der Waals surface area contributed by atoms with Crippen LogP contribution < -0.4 is 10.6 Å². The Labute approximate surface area is 195 Å². The molecule has 1 unspecified atom stereocenters. The fraction of sp³-hybridized carbons (Fsp3) is 0.286. The van der Waals surface area contributed by atoms with E-state index >= 15 is 0 Å². The first kappa shape index (κ1) is 24.9. The molecule has 0 fully saturated rings. The van der Waals surface area contributed by atoms with Gasteiger partial charge in [0.05, 0.1) is 16.1 Å². The minimum absolute atomic E-state index is 0.0286. The maximum Gasteiger partial charge on any atom is 0.416 e. The van der Waals surface area contributed by atoms with Crippen LogP contribution >= 0.6 is 11.3 Å². The van der Waals surface area contributed by atoms with Crippen LogP contribution in [0.25, 0.3) is 16.4 Å². The predicted octanol–water partition coefficient (Wildman–Crippen LogP) is 3.79. The van der Waals surface area contributed by atoms with Crippen molar-refractivity contribution < 1.29 is 32.3 Å². The lowest BCUT2D eigenvalue weighted by atomic mass is 10.2. The number of alkyl halides is 3. The number of esters is 1. The van der Waals surface area contributed by atoms with E-state index in [9.17, 15) is 27.6 Å². The van der Waals surface area contributed by atoms with Gasteiger partial charge in [-0.15, -0.1) is 16.4 Å². The lowest BCUT2D eigenvalue weighted by Gasteiger charge is -2.13. The van der Waals surface area contributed by atoms with E-state index in [0.717, 1.165) is 16.8 Å². The van der Waals surface area contributed by atoms with Gasteiger partial charge in [0.1, 0.15) is 0 Å². The molecule has 3 amide bonds. The summed E-state index contributed by atoms with van der Waals surface area (Å²) in [5, 5.41) is 10.3. The first-order valence-corrected chi connectivity index (χ1v) is 10.8. The van der Waals surface area contributed by atoms with Crippen molar-refractivity contribution in [2.45, 2.75) is 39.1 Å². The molecule has 2 N–H and O–H groups in total. The van der Waals surface area contributed by atoms with E-state index in [1.54, 1.807) is 31.4 Å². The summed E-state index contributed by atoms with van der Waals surface area (Å²) in [6, 6.07) is 6.79. The maximum absolute atomic E-state index is 13.2. The van der Waals surface area contributed by atoms with Crippen molar-refractivity contribution >= 4 is 29.2 Å². The molecule has 0 aliphatic heterocycles. The molecule has 3 rings (SSSR count). The Morgan fingerprint density at radius 3 is 2.47 bits per heavy atom. The first-order chi connectivity index (χ1) is 16.0. The molecule has 0 radical (unpaired) electrons. The molecule has 9 nitrogen and oxygen atoms in total. The summed E-state index contributed by atoms with van der Waals surface area (Å²) in [6.07, 6.45) is -5.94. The van der Waals surface area contributed by atoms with Crippen molar-refractivity contribution in [1.29, 1.82) is 0 Å². The van der Waals surface area contributed by atoms with Crippen LogP contribution in [0.5, 0.6) is 0 Å². The lowest BCUT2D eigenvalue weighted by molar-refractivity contribution is -0.137. The number of ether oxygens (including phenoxy) is 1. The third-order valence-corrected chi connectivity index (χ3v) is 5.12. The molecular weight excluding hydrogens is 475 g/mol. The smallest absolute Gasteiger partial charge is 0.416 e. The molecule has 2 heterocycles. The number of rotatable bonds is 6. The molecule has 34 heavy (non-hydrogen) atoms. The van der Waals surface area contributed by atoms with Gasteiger partial charge in [-0.3, -0.25) is 10.1 Å². The minimum atomic E-state index is -4.58. The van der Waals surface area contributed by atoms with Gasteiger partial charge >= 0.3 is 18.2 Å². The number of urea groups is 1. The van der Waals surface area contributed by atoms with Gasteiger partial charge in [-0.1, -0.05) is 12.1 Å². The molecular formula is C21H20F3N5O4S. The van der Waals surface area contributed by atoms with Crippen molar-refractivity contribution in [2.75, 3.05) is 0 Å². The van der Waals surface area contributed by atoms with Crippen molar-refractivity contribution in [3.05, 3.63) is 53.2 Å². The number of amides is 3. The number of hydrogen-bond acceptors (Lipinski definition) is 7. The molecule has 2 aromatic heterocycles. The average molecular weight is 495 g/mol. The van der Waals surface area contributed by atoms with Crippen LogP contribution in [0.2, 0.25) is 0 Å². The van der Waals surface area contributed by atoms with E-state index in [1.165, 1.54) is 30.4 Å². The molecule has 0 spiro atoms. The number of nitrogens with zero attached hydrogens (tertiary/aromatic N) is 3. The molecule has 1 aromatic carbocycles. The standard InChI is InChI=1S/C21H20F3N5O4S/c1-11(2)25-20(32)27-18(30)12(3)33-19(31)16-26-17(15-8-5-9-34-15)29(28-16)14-7-4-6-13(10-14)21(22,23)24/h4-12H,1-3H3,(H2,25,27,30,32). The number of benzene rings is 1. The normalized spacial score (nSPS) is 12.3. The fourth-order valence-electron chi connectivity index (χ4n) is 2.74. The largest absolute Gasteiger partial charge is 0.447 e. The SMILES string of the molecule is CC(C)NC(=O)NC(=O)C(C)OC(=O)c1nc(-c2cccs2)n(-c2cccc(C(F)(F)F)c2)n1. The third kappa shape index (κ3) is 5.98. The second-order valence-corrected chi connectivity index (χ2v) is 8.31. The average Bonchev–Trinajstić information content (AvgIpc) is 3.42. The Morgan fingerprint density at radius 1 is 1.12 bits per heavy atom. The van der Waals surface area contributed by atoms with Gasteiger partial charge in [0, 0.05) is 6.04 Å². The first-order valence-electron chi connectivity index (χ1n) is 9.96. The molecule has 3 aromatic rings. The van der Waals surface area contributed by atoms with Crippen molar-refractivity contribution in [2.24, 2.45) is 0 Å². The summed E-state index contributed by atoms with van der Waals surface area (Å²) < 4.78 is 45.7. The summed E-state index contributed by atoms with van der Waals surface area (Å²) in [7, 11) is 0. The van der Waals surface area contributed by atoms with Crippen LogP contribution in [-0.2, 0) is 15.7 Å². The summed E-state index contributed by atoms with van der Waals surface area (Å²) in [5.41, 5.74) is -0.868. The summed E-state index contributed by atoms with van der Waals surface area (Å²) in [5.74, 6) is -2.31. The second kappa shape index (κ2) is 10.0.